The topological polar surface area (TPSA) is 6.48 Å². The molecule has 0 radical (unpaired) electrons. The Hall–Kier alpha value is -9.32. The van der Waals surface area contributed by atoms with E-state index in [0.717, 1.165) is 34.1 Å². The van der Waals surface area contributed by atoms with Crippen LogP contribution in [0, 0.1) is 13.8 Å². The second kappa shape index (κ2) is 20.0. The zero-order valence-corrected chi connectivity index (χ0v) is 44.9. The summed E-state index contributed by atoms with van der Waals surface area (Å²) < 4.78 is 5.14. The maximum Gasteiger partial charge on any atom is 0.0540 e. The Bertz CT molecular complexity index is 4230. The van der Waals surface area contributed by atoms with Gasteiger partial charge in [0, 0.05) is 74.2 Å². The summed E-state index contributed by atoms with van der Waals surface area (Å²) in [5, 5.41) is 5.08. The van der Waals surface area contributed by atoms with Gasteiger partial charge in [-0.25, -0.2) is 0 Å². The number of anilines is 6. The molecule has 0 spiro atoms. The summed E-state index contributed by atoms with van der Waals surface area (Å²) in [7, 11) is 0. The van der Waals surface area contributed by atoms with Crippen molar-refractivity contribution in [2.75, 3.05) is 9.80 Å². The van der Waals surface area contributed by atoms with E-state index in [4.69, 9.17) is 0 Å². The number of thiophene rings is 2. The molecular formula is C74H52N2S2. The van der Waals surface area contributed by atoms with Gasteiger partial charge in [-0.2, -0.15) is 0 Å². The number of hydrogen-bond donors (Lipinski definition) is 0. The Labute approximate surface area is 463 Å². The van der Waals surface area contributed by atoms with Crippen molar-refractivity contribution in [3.63, 3.8) is 0 Å². The summed E-state index contributed by atoms with van der Waals surface area (Å²) in [5.74, 6) is 0. The highest BCUT2D eigenvalue weighted by Gasteiger charge is 2.23. The van der Waals surface area contributed by atoms with Crippen molar-refractivity contribution in [3.05, 3.63) is 290 Å². The van der Waals surface area contributed by atoms with Gasteiger partial charge in [0.15, 0.2) is 0 Å². The molecule has 0 fully saturated rings. The molecule has 0 aliphatic carbocycles. The van der Waals surface area contributed by atoms with E-state index in [1.807, 2.05) is 22.7 Å². The minimum atomic E-state index is 1.11. The van der Waals surface area contributed by atoms with E-state index in [9.17, 15) is 0 Å². The predicted molar refractivity (Wildman–Crippen MR) is 338 cm³/mol. The number of nitrogens with zero attached hydrogens (tertiary/aromatic N) is 2. The Morgan fingerprint density at radius 2 is 0.538 bits per heavy atom. The first-order valence-corrected chi connectivity index (χ1v) is 28.3. The second-order valence-corrected chi connectivity index (χ2v) is 22.3. The lowest BCUT2D eigenvalue weighted by Gasteiger charge is -2.29. The SMILES string of the molecule is Cc1cc(N(c2ccc3sc4ccc(-c5ccccc5)cc4c3c2)c2ccccc2-c2ccccc2)ccc1-c1ccc(N(c2ccc3sc4ccc(-c5ccccc5)cc4c3c2)c2ccccc2-c2ccccc2)cc1C. The molecule has 0 aliphatic rings. The van der Waals surface area contributed by atoms with Crippen molar-refractivity contribution >= 4 is 97.1 Å². The molecule has 0 aliphatic heterocycles. The van der Waals surface area contributed by atoms with Gasteiger partial charge in [-0.1, -0.05) is 182 Å². The van der Waals surface area contributed by atoms with Gasteiger partial charge >= 0.3 is 0 Å². The zero-order chi connectivity index (χ0) is 52.1. The molecule has 0 saturated carbocycles. The van der Waals surface area contributed by atoms with Crippen molar-refractivity contribution in [3.8, 4) is 55.6 Å². The normalized spacial score (nSPS) is 11.5. The summed E-state index contributed by atoms with van der Waals surface area (Å²) >= 11 is 3.72. The third-order valence-electron chi connectivity index (χ3n) is 15.3. The van der Waals surface area contributed by atoms with Crippen LogP contribution in [-0.4, -0.2) is 0 Å². The summed E-state index contributed by atoms with van der Waals surface area (Å²) in [6.45, 7) is 4.53. The van der Waals surface area contributed by atoms with E-state index in [1.165, 1.54) is 107 Å². The molecule has 14 aromatic rings. The van der Waals surface area contributed by atoms with Gasteiger partial charge in [0.2, 0.25) is 0 Å². The molecular weight excluding hydrogens is 981 g/mol. The van der Waals surface area contributed by atoms with Crippen LogP contribution in [0.1, 0.15) is 11.1 Å². The zero-order valence-electron chi connectivity index (χ0n) is 43.3. The van der Waals surface area contributed by atoms with Crippen LogP contribution < -0.4 is 9.80 Å². The molecule has 2 heterocycles. The predicted octanol–water partition coefficient (Wildman–Crippen LogP) is 22.3. The van der Waals surface area contributed by atoms with Crippen LogP contribution in [0.5, 0.6) is 0 Å². The van der Waals surface area contributed by atoms with E-state index in [-0.39, 0.29) is 0 Å². The van der Waals surface area contributed by atoms with Crippen molar-refractivity contribution in [2.24, 2.45) is 0 Å². The lowest BCUT2D eigenvalue weighted by molar-refractivity contribution is 1.27. The smallest absolute Gasteiger partial charge is 0.0540 e. The van der Waals surface area contributed by atoms with Crippen LogP contribution in [0.2, 0.25) is 0 Å². The third-order valence-corrected chi connectivity index (χ3v) is 17.6. The molecule has 0 amide bonds. The van der Waals surface area contributed by atoms with Crippen LogP contribution >= 0.6 is 22.7 Å². The van der Waals surface area contributed by atoms with Crippen molar-refractivity contribution in [1.29, 1.82) is 0 Å². The fourth-order valence-corrected chi connectivity index (χ4v) is 13.7. The van der Waals surface area contributed by atoms with E-state index in [0.29, 0.717) is 0 Å². The Morgan fingerprint density at radius 3 is 0.923 bits per heavy atom. The lowest BCUT2D eigenvalue weighted by atomic mass is 9.94. The monoisotopic (exact) mass is 1030 g/mol. The van der Waals surface area contributed by atoms with Crippen LogP contribution in [0.4, 0.5) is 34.1 Å². The first-order chi connectivity index (χ1) is 38.5. The molecule has 12 aromatic carbocycles. The number of rotatable bonds is 11. The molecule has 2 nitrogen and oxygen atoms in total. The maximum absolute atomic E-state index is 2.46. The van der Waals surface area contributed by atoms with Crippen molar-refractivity contribution < 1.29 is 0 Å². The van der Waals surface area contributed by atoms with Crippen LogP contribution in [0.3, 0.4) is 0 Å². The molecule has 0 saturated heterocycles. The second-order valence-electron chi connectivity index (χ2n) is 20.2. The van der Waals surface area contributed by atoms with Gasteiger partial charge in [0.25, 0.3) is 0 Å². The highest BCUT2D eigenvalue weighted by molar-refractivity contribution is 7.26. The fourth-order valence-electron chi connectivity index (χ4n) is 11.5. The van der Waals surface area contributed by atoms with Crippen LogP contribution in [0.15, 0.2) is 279 Å². The summed E-state index contributed by atoms with van der Waals surface area (Å²) in [6.07, 6.45) is 0. The standard InChI is InChI=1S/C74H52N2S2/c1-49-43-57(75(69-29-17-15-27-63(69)53-23-11-5-12-24-53)59-35-41-73-67(47-59)65-45-55(31-39-71(65)77-73)51-19-7-3-8-20-51)33-37-61(49)62-38-34-58(44-50(62)2)76(70-30-18-16-28-64(70)54-25-13-6-14-26-54)60-36-42-74-68(48-60)66-46-56(32-40-72(66)78-74)52-21-9-4-10-22-52/h3-48H,1-2H3. The molecule has 0 atom stereocenters. The average Bonchev–Trinajstić information content (AvgIpc) is 4.15. The summed E-state index contributed by atoms with van der Waals surface area (Å²) in [5.41, 5.74) is 21.1. The van der Waals surface area contributed by atoms with Gasteiger partial charge in [-0.05, 0) is 167 Å². The van der Waals surface area contributed by atoms with Gasteiger partial charge in [0.05, 0.1) is 11.4 Å². The average molecular weight is 1030 g/mol. The molecule has 4 heteroatoms. The van der Waals surface area contributed by atoms with Crippen molar-refractivity contribution in [2.45, 2.75) is 13.8 Å². The maximum atomic E-state index is 2.46. The van der Waals surface area contributed by atoms with Gasteiger partial charge in [0.1, 0.15) is 0 Å². The number of hydrogen-bond acceptors (Lipinski definition) is 4. The number of benzene rings is 12. The Morgan fingerprint density at radius 1 is 0.231 bits per heavy atom. The molecule has 0 unspecified atom stereocenters. The highest BCUT2D eigenvalue weighted by Crippen LogP contribution is 2.48. The number of fused-ring (bicyclic) bond motifs is 6. The third kappa shape index (κ3) is 8.62. The lowest BCUT2D eigenvalue weighted by Crippen LogP contribution is -2.12. The molecule has 0 N–H and O–H groups in total. The Kier molecular flexibility index (Phi) is 12.1. The quantitative estimate of drug-likeness (QED) is 0.127. The Balaban J connectivity index is 0.884. The van der Waals surface area contributed by atoms with E-state index >= 15 is 0 Å². The van der Waals surface area contributed by atoms with E-state index in [1.54, 1.807) is 0 Å². The summed E-state index contributed by atoms with van der Waals surface area (Å²) in [6, 6.07) is 102. The minimum absolute atomic E-state index is 1.11. The highest BCUT2D eigenvalue weighted by atomic mass is 32.1. The van der Waals surface area contributed by atoms with Crippen LogP contribution in [-0.2, 0) is 0 Å². The first kappa shape index (κ1) is 47.2. The fraction of sp³-hybridized carbons (Fsp3) is 0.0270. The van der Waals surface area contributed by atoms with Gasteiger partial charge < -0.3 is 9.80 Å². The first-order valence-electron chi connectivity index (χ1n) is 26.6. The van der Waals surface area contributed by atoms with Crippen LogP contribution in [0.25, 0.3) is 96.0 Å². The molecule has 78 heavy (non-hydrogen) atoms. The largest absolute Gasteiger partial charge is 0.310 e. The summed E-state index contributed by atoms with van der Waals surface area (Å²) in [4.78, 5) is 4.91. The van der Waals surface area contributed by atoms with Gasteiger partial charge in [-0.3, -0.25) is 0 Å². The molecule has 14 rings (SSSR count). The molecule has 0 bridgehead atoms. The van der Waals surface area contributed by atoms with Gasteiger partial charge in [-0.15, -0.1) is 22.7 Å². The molecule has 370 valence electrons. The molecule has 2 aromatic heterocycles. The van der Waals surface area contributed by atoms with E-state index < -0.39 is 0 Å². The number of para-hydroxylation sites is 2. The van der Waals surface area contributed by atoms with Crippen molar-refractivity contribution in [1.82, 2.24) is 0 Å². The van der Waals surface area contributed by atoms with E-state index in [2.05, 4.69) is 303 Å². The minimum Gasteiger partial charge on any atom is -0.310 e. The number of aryl methyl sites for hydroxylation is 2.